The van der Waals surface area contributed by atoms with E-state index >= 15 is 0 Å². The van der Waals surface area contributed by atoms with Crippen molar-refractivity contribution in [1.29, 1.82) is 0 Å². The summed E-state index contributed by atoms with van der Waals surface area (Å²) in [7, 11) is 0. The Hall–Kier alpha value is -1.59. The van der Waals surface area contributed by atoms with Gasteiger partial charge in [-0.25, -0.2) is 4.39 Å². The minimum absolute atomic E-state index is 0.267. The lowest BCUT2D eigenvalue weighted by Gasteiger charge is -2.06. The van der Waals surface area contributed by atoms with E-state index in [0.717, 1.165) is 5.56 Å². The van der Waals surface area contributed by atoms with E-state index < -0.39 is 0 Å². The molecule has 2 rings (SSSR count). The Bertz CT molecular complexity index is 350. The summed E-state index contributed by atoms with van der Waals surface area (Å²) >= 11 is 0. The lowest BCUT2D eigenvalue weighted by Crippen LogP contribution is -2.23. The van der Waals surface area contributed by atoms with Gasteiger partial charge in [0.05, 0.1) is 11.5 Å². The Kier molecular flexibility index (Phi) is 2.34. The van der Waals surface area contributed by atoms with Crippen LogP contribution in [-0.2, 0) is 11.3 Å². The molecule has 1 aliphatic heterocycles. The minimum Gasteiger partial charge on any atom is -0.365 e. The van der Waals surface area contributed by atoms with E-state index in [0.29, 0.717) is 17.5 Å². The number of halogens is 1. The maximum absolute atomic E-state index is 12.6. The number of nitrogens with one attached hydrogen (secondary N) is 1. The van der Waals surface area contributed by atoms with Crippen molar-refractivity contribution in [2.75, 3.05) is 0 Å². The lowest BCUT2D eigenvalue weighted by atomic mass is 10.1. The molecule has 5 heteroatoms. The van der Waals surface area contributed by atoms with Gasteiger partial charge in [0, 0.05) is 6.42 Å². The van der Waals surface area contributed by atoms with Crippen molar-refractivity contribution in [2.24, 2.45) is 0 Å². The largest absolute Gasteiger partial charge is 0.365 e. The Morgan fingerprint density at radius 2 is 2.07 bits per heavy atom. The maximum Gasteiger partial charge on any atom is 0.151 e. The molecular weight excluding hydrogens is 187 g/mol. The quantitative estimate of drug-likeness (QED) is 0.749. The Labute approximate surface area is 80.1 Å². The molecule has 14 heavy (non-hydrogen) atoms. The second-order valence-corrected chi connectivity index (χ2v) is 2.91. The number of benzene rings is 1. The predicted octanol–water partition coefficient (Wildman–Crippen LogP) is 1.35. The lowest BCUT2D eigenvalue weighted by molar-refractivity contribution is -0.329. The first kappa shape index (κ1) is 8.98. The van der Waals surface area contributed by atoms with Crippen molar-refractivity contribution in [3.8, 4) is 0 Å². The summed E-state index contributed by atoms with van der Waals surface area (Å²) in [5, 5.41) is 9.32. The smallest absolute Gasteiger partial charge is 0.151 e. The summed E-state index contributed by atoms with van der Waals surface area (Å²) < 4.78 is 12.6. The fraction of sp³-hybridized carbons (Fsp3) is 0.111. The van der Waals surface area contributed by atoms with Gasteiger partial charge in [-0.2, -0.15) is 0 Å². The molecular formula is C9H9FN2O2. The molecule has 4 nitrogen and oxygen atoms in total. The number of allylic oxidation sites excluding steroid dienone is 1. The summed E-state index contributed by atoms with van der Waals surface area (Å²) in [6.07, 6.45) is 2.04. The monoisotopic (exact) mass is 196 g/mol. The van der Waals surface area contributed by atoms with Crippen LogP contribution in [0.4, 0.5) is 4.39 Å². The molecule has 0 unspecified atom stereocenters. The highest BCUT2D eigenvalue weighted by Crippen LogP contribution is 2.13. The van der Waals surface area contributed by atoms with Gasteiger partial charge in [-0.15, -0.1) is 0 Å². The van der Waals surface area contributed by atoms with Crippen LogP contribution < -0.4 is 5.43 Å². The first-order valence-corrected chi connectivity index (χ1v) is 4.11. The van der Waals surface area contributed by atoms with Crippen LogP contribution in [0.25, 0.3) is 0 Å². The second kappa shape index (κ2) is 3.65. The van der Waals surface area contributed by atoms with Crippen molar-refractivity contribution in [2.45, 2.75) is 6.42 Å². The minimum atomic E-state index is -0.267. The molecule has 1 aromatic carbocycles. The summed E-state index contributed by atoms with van der Waals surface area (Å²) in [6, 6.07) is 6.10. The fourth-order valence-corrected chi connectivity index (χ4v) is 1.18. The average molecular weight is 196 g/mol. The zero-order valence-electron chi connectivity index (χ0n) is 7.27. The zero-order chi connectivity index (χ0) is 9.97. The first-order chi connectivity index (χ1) is 6.74. The molecule has 0 aromatic heterocycles. The predicted molar refractivity (Wildman–Crippen MR) is 46.0 cm³/mol. The zero-order valence-corrected chi connectivity index (χ0v) is 7.27. The van der Waals surface area contributed by atoms with Crippen LogP contribution in [-0.4, -0.2) is 10.5 Å². The van der Waals surface area contributed by atoms with Gasteiger partial charge in [-0.1, -0.05) is 12.1 Å². The highest BCUT2D eigenvalue weighted by Gasteiger charge is 2.12. The standard InChI is InChI=1S/C9H9FN2O2/c10-8-3-1-7(2-4-8)5-9-6-11-12(13)14-9/h1-4,6,11,13H,5H2. The van der Waals surface area contributed by atoms with Crippen molar-refractivity contribution in [1.82, 2.24) is 10.8 Å². The normalized spacial score (nSPS) is 16.0. The third-order valence-corrected chi connectivity index (χ3v) is 1.83. The van der Waals surface area contributed by atoms with Crippen LogP contribution in [0.3, 0.4) is 0 Å². The van der Waals surface area contributed by atoms with Crippen LogP contribution in [0, 0.1) is 5.82 Å². The van der Waals surface area contributed by atoms with E-state index in [-0.39, 0.29) is 5.82 Å². The van der Waals surface area contributed by atoms with E-state index in [2.05, 4.69) is 5.43 Å². The van der Waals surface area contributed by atoms with Gasteiger partial charge in [0.2, 0.25) is 0 Å². The number of rotatable bonds is 2. The number of hydrogen-bond donors (Lipinski definition) is 2. The molecule has 0 atom stereocenters. The second-order valence-electron chi connectivity index (χ2n) is 2.91. The van der Waals surface area contributed by atoms with E-state index in [1.54, 1.807) is 12.1 Å². The van der Waals surface area contributed by atoms with Gasteiger partial charge in [-0.05, 0) is 17.7 Å². The van der Waals surface area contributed by atoms with Gasteiger partial charge in [0.25, 0.3) is 0 Å². The average Bonchev–Trinajstić information content (AvgIpc) is 2.56. The van der Waals surface area contributed by atoms with Gasteiger partial charge < -0.3 is 4.84 Å². The van der Waals surface area contributed by atoms with E-state index in [1.807, 2.05) is 0 Å². The Balaban J connectivity index is 2.01. The third-order valence-electron chi connectivity index (χ3n) is 1.83. The summed E-state index contributed by atoms with van der Waals surface area (Å²) in [5.74, 6) is 0.302. The van der Waals surface area contributed by atoms with E-state index in [9.17, 15) is 4.39 Å². The SMILES string of the molecule is ON1NC=C(Cc2ccc(F)cc2)O1. The van der Waals surface area contributed by atoms with Gasteiger partial charge >= 0.3 is 0 Å². The van der Waals surface area contributed by atoms with Gasteiger partial charge in [-0.3, -0.25) is 10.6 Å². The summed E-state index contributed by atoms with van der Waals surface area (Å²) in [5.41, 5.74) is 3.34. The summed E-state index contributed by atoms with van der Waals surface area (Å²) in [4.78, 5) is 4.84. The third kappa shape index (κ3) is 2.01. The van der Waals surface area contributed by atoms with Gasteiger partial charge in [0.15, 0.2) is 5.76 Å². The van der Waals surface area contributed by atoms with Crippen molar-refractivity contribution >= 4 is 0 Å². The van der Waals surface area contributed by atoms with Crippen molar-refractivity contribution in [3.05, 3.63) is 47.6 Å². The van der Waals surface area contributed by atoms with Crippen molar-refractivity contribution in [3.63, 3.8) is 0 Å². The number of hydrazine groups is 1. The van der Waals surface area contributed by atoms with E-state index in [4.69, 9.17) is 10.0 Å². The molecule has 0 radical (unpaired) electrons. The van der Waals surface area contributed by atoms with Crippen LogP contribution in [0.5, 0.6) is 0 Å². The molecule has 0 saturated heterocycles. The molecule has 74 valence electrons. The first-order valence-electron chi connectivity index (χ1n) is 4.11. The molecule has 0 fully saturated rings. The highest BCUT2D eigenvalue weighted by atomic mass is 19.1. The topological polar surface area (TPSA) is 44.7 Å². The fourth-order valence-electron chi connectivity index (χ4n) is 1.18. The van der Waals surface area contributed by atoms with Crippen LogP contribution in [0.15, 0.2) is 36.2 Å². The van der Waals surface area contributed by atoms with E-state index in [1.165, 1.54) is 18.3 Å². The molecule has 1 aromatic rings. The van der Waals surface area contributed by atoms with Crippen LogP contribution in [0.2, 0.25) is 0 Å². The molecule has 2 N–H and O–H groups in total. The van der Waals surface area contributed by atoms with Crippen LogP contribution >= 0.6 is 0 Å². The molecule has 0 amide bonds. The number of hydrogen-bond acceptors (Lipinski definition) is 4. The maximum atomic E-state index is 12.6. The molecule has 0 aliphatic carbocycles. The van der Waals surface area contributed by atoms with Crippen LogP contribution in [0.1, 0.15) is 5.56 Å². The Morgan fingerprint density at radius 1 is 1.36 bits per heavy atom. The number of nitrogens with zero attached hydrogens (tertiary/aromatic N) is 1. The molecule has 1 heterocycles. The Morgan fingerprint density at radius 3 is 2.64 bits per heavy atom. The molecule has 1 aliphatic rings. The van der Waals surface area contributed by atoms with Gasteiger partial charge in [0.1, 0.15) is 5.82 Å². The molecule has 0 saturated carbocycles. The summed E-state index contributed by atoms with van der Waals surface area (Å²) in [6.45, 7) is 0. The molecule has 0 spiro atoms. The molecule has 0 bridgehead atoms. The van der Waals surface area contributed by atoms with Crippen molar-refractivity contribution < 1.29 is 14.4 Å². The highest BCUT2D eigenvalue weighted by molar-refractivity contribution is 5.20.